The number of nitrogens with one attached hydrogen (secondary N) is 3. The molecule has 10 heteroatoms. The maximum atomic E-state index is 13.1. The molecule has 4 fully saturated rings. The molecule has 2 saturated heterocycles. The zero-order valence-electron chi connectivity index (χ0n) is 18.4. The number of hydrazine groups is 1. The molecule has 2 saturated carbocycles. The van der Waals surface area contributed by atoms with Gasteiger partial charge in [0.2, 0.25) is 5.91 Å². The summed E-state index contributed by atoms with van der Waals surface area (Å²) in [7, 11) is 0. The van der Waals surface area contributed by atoms with Gasteiger partial charge in [0, 0.05) is 48.1 Å². The SMILES string of the molecule is C[C@@H](c1cnc(C2CC2)nc1)N1NC(C#N)C2C(=O)NC([C@H]3CC[C@H]3c3ncccn3)NC21. The van der Waals surface area contributed by atoms with Crippen LogP contribution >= 0.6 is 0 Å². The first-order chi connectivity index (χ1) is 16.1. The fourth-order valence-corrected chi connectivity index (χ4v) is 5.35. The number of hydrogen-bond acceptors (Lipinski definition) is 9. The summed E-state index contributed by atoms with van der Waals surface area (Å²) in [6.07, 6.45) is 11.1. The minimum Gasteiger partial charge on any atom is -0.340 e. The summed E-state index contributed by atoms with van der Waals surface area (Å²) in [6, 6.07) is 3.36. The Kier molecular flexibility index (Phi) is 5.05. The Bertz CT molecular complexity index is 1070. The van der Waals surface area contributed by atoms with Crippen LogP contribution in [-0.4, -0.2) is 49.2 Å². The Balaban J connectivity index is 1.23. The Morgan fingerprint density at radius 2 is 1.85 bits per heavy atom. The summed E-state index contributed by atoms with van der Waals surface area (Å²) in [5.41, 5.74) is 4.22. The van der Waals surface area contributed by atoms with Gasteiger partial charge in [-0.05, 0) is 38.7 Å². The van der Waals surface area contributed by atoms with E-state index in [1.54, 1.807) is 12.4 Å². The molecular weight excluding hydrogens is 418 g/mol. The van der Waals surface area contributed by atoms with Crippen molar-refractivity contribution in [2.24, 2.45) is 11.8 Å². The van der Waals surface area contributed by atoms with Crippen LogP contribution in [0.1, 0.15) is 67.7 Å². The molecule has 2 aromatic heterocycles. The second kappa shape index (κ2) is 8.09. The normalized spacial score (nSPS) is 34.6. The molecule has 6 rings (SSSR count). The van der Waals surface area contributed by atoms with Gasteiger partial charge in [-0.1, -0.05) is 0 Å². The van der Waals surface area contributed by atoms with Gasteiger partial charge in [0.15, 0.2) is 0 Å². The molecule has 1 amide bonds. The van der Waals surface area contributed by atoms with Crippen molar-refractivity contribution in [2.75, 3.05) is 0 Å². The summed E-state index contributed by atoms with van der Waals surface area (Å²) in [4.78, 5) is 31.1. The van der Waals surface area contributed by atoms with E-state index in [-0.39, 0.29) is 36.1 Å². The average Bonchev–Trinajstić information content (AvgIpc) is 3.59. The van der Waals surface area contributed by atoms with E-state index in [1.165, 1.54) is 0 Å². The topological polar surface area (TPSA) is 132 Å². The van der Waals surface area contributed by atoms with E-state index in [9.17, 15) is 10.1 Å². The van der Waals surface area contributed by atoms with Crippen LogP contribution in [0.4, 0.5) is 0 Å². The van der Waals surface area contributed by atoms with E-state index in [4.69, 9.17) is 0 Å². The van der Waals surface area contributed by atoms with Crippen LogP contribution < -0.4 is 16.1 Å². The number of fused-ring (bicyclic) bond motifs is 1. The van der Waals surface area contributed by atoms with Gasteiger partial charge in [0.25, 0.3) is 0 Å². The van der Waals surface area contributed by atoms with Gasteiger partial charge in [0.05, 0.1) is 30.4 Å². The zero-order chi connectivity index (χ0) is 22.5. The third-order valence-electron chi connectivity index (χ3n) is 7.58. The van der Waals surface area contributed by atoms with Crippen molar-refractivity contribution in [3.05, 3.63) is 48.1 Å². The molecule has 0 radical (unpaired) electrons. The predicted molar refractivity (Wildman–Crippen MR) is 117 cm³/mol. The molecule has 4 heterocycles. The fourth-order valence-electron chi connectivity index (χ4n) is 5.35. The molecule has 2 aliphatic heterocycles. The molecule has 4 unspecified atom stereocenters. The van der Waals surface area contributed by atoms with E-state index in [0.717, 1.165) is 42.9 Å². The quantitative estimate of drug-likeness (QED) is 0.619. The molecule has 10 nitrogen and oxygen atoms in total. The van der Waals surface area contributed by atoms with E-state index in [0.29, 0.717) is 5.92 Å². The largest absolute Gasteiger partial charge is 0.340 e. The second-order valence-corrected chi connectivity index (χ2v) is 9.55. The first-order valence-corrected chi connectivity index (χ1v) is 11.7. The Hall–Kier alpha value is -3.00. The van der Waals surface area contributed by atoms with Gasteiger partial charge in [-0.3, -0.25) is 10.1 Å². The maximum Gasteiger partial charge on any atom is 0.230 e. The molecule has 2 aliphatic carbocycles. The van der Waals surface area contributed by atoms with Gasteiger partial charge in [0.1, 0.15) is 17.7 Å². The summed E-state index contributed by atoms with van der Waals surface area (Å²) >= 11 is 0. The lowest BCUT2D eigenvalue weighted by atomic mass is 9.70. The smallest absolute Gasteiger partial charge is 0.230 e. The van der Waals surface area contributed by atoms with Crippen LogP contribution in [-0.2, 0) is 4.79 Å². The molecule has 33 heavy (non-hydrogen) atoms. The van der Waals surface area contributed by atoms with Crippen molar-refractivity contribution >= 4 is 5.91 Å². The number of hydrogen-bond donors (Lipinski definition) is 3. The number of carbonyl (C=O) groups is 1. The van der Waals surface area contributed by atoms with Crippen LogP contribution in [0.15, 0.2) is 30.9 Å². The molecule has 4 aliphatic rings. The molecule has 170 valence electrons. The van der Waals surface area contributed by atoms with Gasteiger partial charge in [-0.25, -0.2) is 30.4 Å². The van der Waals surface area contributed by atoms with Gasteiger partial charge < -0.3 is 5.32 Å². The summed E-state index contributed by atoms with van der Waals surface area (Å²) in [5.74, 6) is 2.03. The van der Waals surface area contributed by atoms with Crippen LogP contribution in [0.5, 0.6) is 0 Å². The number of rotatable bonds is 5. The minimum absolute atomic E-state index is 0.0996. The Morgan fingerprint density at radius 1 is 1.09 bits per heavy atom. The van der Waals surface area contributed by atoms with Crippen LogP contribution in [0, 0.1) is 23.2 Å². The molecular formula is C23H27N9O. The number of aromatic nitrogens is 4. The molecule has 3 N–H and O–H groups in total. The van der Waals surface area contributed by atoms with Gasteiger partial charge in [-0.15, -0.1) is 0 Å². The number of carbonyl (C=O) groups excluding carboxylic acids is 1. The maximum absolute atomic E-state index is 13.1. The predicted octanol–water partition coefficient (Wildman–Crippen LogP) is 1.10. The highest BCUT2D eigenvalue weighted by molar-refractivity contribution is 5.82. The molecule has 0 spiro atoms. The summed E-state index contributed by atoms with van der Waals surface area (Å²) < 4.78 is 0. The standard InChI is InChI=1S/C23H27N9O/c1-12(14-10-27-19(28-11-14)13-3-4-13)32-22-18(17(9-24)31-32)23(33)30-21(29-22)16-6-5-15(16)20-25-7-2-8-26-20/h2,7-8,10-13,15-18,21-22,29,31H,3-6H2,1H3,(H,30,33)/t12-,15+,16-,17?,18?,21?,22?/m0/s1. The molecule has 2 aromatic rings. The lowest BCUT2D eigenvalue weighted by Gasteiger charge is -2.47. The molecule has 0 bridgehead atoms. The van der Waals surface area contributed by atoms with E-state index < -0.39 is 12.0 Å². The van der Waals surface area contributed by atoms with Crippen LogP contribution in [0.2, 0.25) is 0 Å². The number of amides is 1. The van der Waals surface area contributed by atoms with E-state index in [2.05, 4.69) is 42.1 Å². The zero-order valence-corrected chi connectivity index (χ0v) is 18.4. The van der Waals surface area contributed by atoms with Gasteiger partial charge >= 0.3 is 0 Å². The first-order valence-electron chi connectivity index (χ1n) is 11.7. The number of nitrogens with zero attached hydrogens (tertiary/aromatic N) is 6. The number of nitriles is 1. The van der Waals surface area contributed by atoms with Crippen molar-refractivity contribution in [1.29, 1.82) is 5.26 Å². The van der Waals surface area contributed by atoms with Gasteiger partial charge in [-0.2, -0.15) is 5.26 Å². The summed E-state index contributed by atoms with van der Waals surface area (Å²) in [5, 5.41) is 18.5. The first kappa shape index (κ1) is 20.6. The molecule has 0 aromatic carbocycles. The molecule has 7 atom stereocenters. The van der Waals surface area contributed by atoms with E-state index in [1.807, 2.05) is 30.4 Å². The average molecular weight is 446 g/mol. The van der Waals surface area contributed by atoms with Crippen molar-refractivity contribution in [2.45, 2.75) is 68.9 Å². The van der Waals surface area contributed by atoms with Crippen molar-refractivity contribution in [3.8, 4) is 6.07 Å². The highest BCUT2D eigenvalue weighted by Crippen LogP contribution is 2.44. The van der Waals surface area contributed by atoms with E-state index >= 15 is 0 Å². The van der Waals surface area contributed by atoms with Crippen molar-refractivity contribution < 1.29 is 4.79 Å². The fraction of sp³-hybridized carbons (Fsp3) is 0.565. The van der Waals surface area contributed by atoms with Crippen LogP contribution in [0.3, 0.4) is 0 Å². The highest BCUT2D eigenvalue weighted by atomic mass is 16.2. The summed E-state index contributed by atoms with van der Waals surface area (Å²) in [6.45, 7) is 2.05. The third kappa shape index (κ3) is 3.57. The van der Waals surface area contributed by atoms with Crippen LogP contribution in [0.25, 0.3) is 0 Å². The monoisotopic (exact) mass is 445 g/mol. The van der Waals surface area contributed by atoms with Crippen molar-refractivity contribution in [1.82, 2.24) is 41.0 Å². The Morgan fingerprint density at radius 3 is 2.48 bits per heavy atom. The lowest BCUT2D eigenvalue weighted by molar-refractivity contribution is -0.132. The highest BCUT2D eigenvalue weighted by Gasteiger charge is 2.54. The third-order valence-corrected chi connectivity index (χ3v) is 7.58. The van der Waals surface area contributed by atoms with Crippen molar-refractivity contribution in [3.63, 3.8) is 0 Å². The second-order valence-electron chi connectivity index (χ2n) is 9.55. The Labute approximate surface area is 192 Å². The lowest BCUT2D eigenvalue weighted by Crippen LogP contribution is -2.68. The minimum atomic E-state index is -0.604.